The van der Waals surface area contributed by atoms with Crippen molar-refractivity contribution in [1.29, 1.82) is 0 Å². The van der Waals surface area contributed by atoms with Gasteiger partial charge in [-0.15, -0.1) is 0 Å². The number of piperazine rings is 1. The van der Waals surface area contributed by atoms with Gasteiger partial charge in [-0.2, -0.15) is 5.10 Å². The van der Waals surface area contributed by atoms with E-state index in [4.69, 9.17) is 4.74 Å². The molecule has 1 atom stereocenters. The van der Waals surface area contributed by atoms with Crippen molar-refractivity contribution in [3.63, 3.8) is 0 Å². The zero-order valence-electron chi connectivity index (χ0n) is 16.3. The summed E-state index contributed by atoms with van der Waals surface area (Å²) in [5.74, 6) is 0.556. The molecule has 2 aromatic rings. The molecule has 28 heavy (non-hydrogen) atoms. The van der Waals surface area contributed by atoms with Gasteiger partial charge in [-0.1, -0.05) is 0 Å². The van der Waals surface area contributed by atoms with E-state index in [1.165, 1.54) is 17.7 Å². The van der Waals surface area contributed by atoms with Gasteiger partial charge in [0.05, 0.1) is 12.8 Å². The Balaban J connectivity index is 1.79. The first kappa shape index (κ1) is 19.6. The van der Waals surface area contributed by atoms with Crippen LogP contribution in [-0.4, -0.2) is 64.7 Å². The van der Waals surface area contributed by atoms with Crippen molar-refractivity contribution >= 4 is 11.8 Å². The first-order valence-electron chi connectivity index (χ1n) is 9.19. The minimum absolute atomic E-state index is 0.00484. The molecule has 0 saturated carbocycles. The van der Waals surface area contributed by atoms with Crippen LogP contribution in [0.1, 0.15) is 19.9 Å². The van der Waals surface area contributed by atoms with Gasteiger partial charge < -0.3 is 14.5 Å². The second-order valence-corrected chi connectivity index (χ2v) is 6.74. The van der Waals surface area contributed by atoms with Crippen LogP contribution in [0.3, 0.4) is 0 Å². The highest BCUT2D eigenvalue weighted by molar-refractivity contribution is 5.80. The van der Waals surface area contributed by atoms with Crippen LogP contribution in [0.4, 0.5) is 0 Å². The monoisotopic (exact) mass is 384 g/mol. The van der Waals surface area contributed by atoms with Crippen LogP contribution in [0.2, 0.25) is 0 Å². The lowest BCUT2D eigenvalue weighted by Crippen LogP contribution is -2.52. The molecule has 1 unspecified atom stereocenters. The molecule has 148 valence electrons. The Hall–Kier alpha value is -3.16. The van der Waals surface area contributed by atoms with E-state index < -0.39 is 6.04 Å². The highest BCUT2D eigenvalue weighted by Crippen LogP contribution is 2.20. The predicted octanol–water partition coefficient (Wildman–Crippen LogP) is 1.17. The van der Waals surface area contributed by atoms with Crippen molar-refractivity contribution < 1.29 is 14.3 Å². The van der Waals surface area contributed by atoms with Gasteiger partial charge in [0.15, 0.2) is 0 Å². The maximum Gasteiger partial charge on any atom is 0.267 e. The van der Waals surface area contributed by atoms with Crippen molar-refractivity contribution in [2.75, 3.05) is 33.3 Å². The molecule has 0 aliphatic carbocycles. The minimum atomic E-state index is -0.727. The average molecular weight is 384 g/mol. The highest BCUT2D eigenvalue weighted by atomic mass is 16.5. The summed E-state index contributed by atoms with van der Waals surface area (Å²) in [7, 11) is 1.59. The fourth-order valence-corrected chi connectivity index (χ4v) is 3.23. The summed E-state index contributed by atoms with van der Waals surface area (Å²) in [6, 6.07) is 9.67. The third-order valence-electron chi connectivity index (χ3n) is 4.97. The molecule has 1 aliphatic rings. The molecule has 8 heteroatoms. The molecule has 1 fully saturated rings. The number of methoxy groups -OCH3 is 1. The van der Waals surface area contributed by atoms with E-state index in [0.29, 0.717) is 31.9 Å². The molecule has 0 bridgehead atoms. The van der Waals surface area contributed by atoms with Gasteiger partial charge in [0.2, 0.25) is 11.8 Å². The summed E-state index contributed by atoms with van der Waals surface area (Å²) in [6.45, 7) is 5.11. The number of hydrogen-bond donors (Lipinski definition) is 0. The smallest absolute Gasteiger partial charge is 0.267 e. The summed E-state index contributed by atoms with van der Waals surface area (Å²) in [5.41, 5.74) is 1.09. The van der Waals surface area contributed by atoms with Crippen LogP contribution in [0, 0.1) is 0 Å². The molecule has 1 aromatic heterocycles. The van der Waals surface area contributed by atoms with E-state index in [0.717, 1.165) is 11.3 Å². The van der Waals surface area contributed by atoms with Crippen molar-refractivity contribution in [2.24, 2.45) is 0 Å². The molecule has 2 heterocycles. The van der Waals surface area contributed by atoms with Crippen LogP contribution in [0.5, 0.6) is 5.75 Å². The van der Waals surface area contributed by atoms with E-state index >= 15 is 0 Å². The van der Waals surface area contributed by atoms with E-state index in [1.54, 1.807) is 29.9 Å². The van der Waals surface area contributed by atoms with Crippen LogP contribution >= 0.6 is 0 Å². The molecular formula is C20H24N4O4. The van der Waals surface area contributed by atoms with Gasteiger partial charge in [0.1, 0.15) is 11.8 Å². The Labute approximate surface area is 163 Å². The Morgan fingerprint density at radius 2 is 1.61 bits per heavy atom. The molecule has 8 nitrogen and oxygen atoms in total. The third kappa shape index (κ3) is 4.05. The van der Waals surface area contributed by atoms with E-state index in [9.17, 15) is 14.4 Å². The first-order valence-corrected chi connectivity index (χ1v) is 9.19. The number of ether oxygens (including phenoxy) is 1. The van der Waals surface area contributed by atoms with E-state index in [1.807, 2.05) is 24.3 Å². The molecule has 0 spiro atoms. The quantitative estimate of drug-likeness (QED) is 0.790. The Bertz CT molecular complexity index is 915. The molecule has 0 N–H and O–H groups in total. The SMILES string of the molecule is COc1ccc(-c2ccc(=O)n(C(C)C(=O)N3CCN(C(C)=O)CC3)n2)cc1. The van der Waals surface area contributed by atoms with Gasteiger partial charge in [-0.25, -0.2) is 4.68 Å². The summed E-state index contributed by atoms with van der Waals surface area (Å²) >= 11 is 0. The first-order chi connectivity index (χ1) is 13.4. The van der Waals surface area contributed by atoms with Crippen LogP contribution in [0.15, 0.2) is 41.2 Å². The topological polar surface area (TPSA) is 84.7 Å². The Morgan fingerprint density at radius 3 is 2.18 bits per heavy atom. The Morgan fingerprint density at radius 1 is 1.00 bits per heavy atom. The normalized spacial score (nSPS) is 15.2. The summed E-state index contributed by atoms with van der Waals surface area (Å²) in [4.78, 5) is 40.0. The second kappa shape index (κ2) is 8.24. The lowest BCUT2D eigenvalue weighted by atomic mass is 10.1. The number of benzene rings is 1. The van der Waals surface area contributed by atoms with Gasteiger partial charge >= 0.3 is 0 Å². The van der Waals surface area contributed by atoms with Crippen LogP contribution in [0.25, 0.3) is 11.3 Å². The number of rotatable bonds is 4. The number of nitrogens with zero attached hydrogens (tertiary/aromatic N) is 4. The third-order valence-corrected chi connectivity index (χ3v) is 4.97. The number of amides is 2. The standard InChI is InChI=1S/C20H24N4O4/c1-14(20(27)23-12-10-22(11-13-23)15(2)25)24-19(26)9-8-18(21-24)16-4-6-17(28-3)7-5-16/h4-9,14H,10-13H2,1-3H3. The average Bonchev–Trinajstić information content (AvgIpc) is 2.73. The maximum atomic E-state index is 12.9. The molecule has 1 aromatic carbocycles. The van der Waals surface area contributed by atoms with Gasteiger partial charge in [-0.3, -0.25) is 14.4 Å². The van der Waals surface area contributed by atoms with Crippen molar-refractivity contribution in [2.45, 2.75) is 19.9 Å². The largest absolute Gasteiger partial charge is 0.497 e. The molecule has 0 radical (unpaired) electrons. The van der Waals surface area contributed by atoms with Crippen molar-refractivity contribution in [3.8, 4) is 17.0 Å². The molecule has 3 rings (SSSR count). The lowest BCUT2D eigenvalue weighted by Gasteiger charge is -2.35. The zero-order chi connectivity index (χ0) is 20.3. The second-order valence-electron chi connectivity index (χ2n) is 6.74. The van der Waals surface area contributed by atoms with E-state index in [2.05, 4.69) is 5.10 Å². The minimum Gasteiger partial charge on any atom is -0.497 e. The molecule has 1 saturated heterocycles. The number of aromatic nitrogens is 2. The van der Waals surface area contributed by atoms with Gasteiger partial charge in [-0.05, 0) is 37.3 Å². The molecule has 2 amide bonds. The van der Waals surface area contributed by atoms with Crippen molar-refractivity contribution in [1.82, 2.24) is 19.6 Å². The lowest BCUT2D eigenvalue weighted by molar-refractivity contribution is -0.140. The van der Waals surface area contributed by atoms with Crippen LogP contribution in [-0.2, 0) is 9.59 Å². The predicted molar refractivity (Wildman–Crippen MR) is 104 cm³/mol. The fourth-order valence-electron chi connectivity index (χ4n) is 3.23. The van der Waals surface area contributed by atoms with Gasteiger partial charge in [0, 0.05) is 44.7 Å². The zero-order valence-corrected chi connectivity index (χ0v) is 16.3. The maximum absolute atomic E-state index is 12.9. The molecule has 1 aliphatic heterocycles. The number of carbonyl (C=O) groups excluding carboxylic acids is 2. The fraction of sp³-hybridized carbons (Fsp3) is 0.400. The van der Waals surface area contributed by atoms with Crippen LogP contribution < -0.4 is 10.3 Å². The highest BCUT2D eigenvalue weighted by Gasteiger charge is 2.27. The summed E-state index contributed by atoms with van der Waals surface area (Å²) in [6.07, 6.45) is 0. The van der Waals surface area contributed by atoms with E-state index in [-0.39, 0.29) is 17.4 Å². The number of carbonyl (C=O) groups is 2. The summed E-state index contributed by atoms with van der Waals surface area (Å²) in [5, 5.41) is 4.41. The number of hydrogen-bond acceptors (Lipinski definition) is 5. The molecular weight excluding hydrogens is 360 g/mol. The van der Waals surface area contributed by atoms with Gasteiger partial charge in [0.25, 0.3) is 5.56 Å². The van der Waals surface area contributed by atoms with Crippen molar-refractivity contribution in [3.05, 3.63) is 46.8 Å². The Kier molecular flexibility index (Phi) is 5.77. The summed E-state index contributed by atoms with van der Waals surface area (Å²) < 4.78 is 6.38.